The number of aliphatic hydroxyl groups is 1. The van der Waals surface area contributed by atoms with E-state index in [9.17, 15) is 0 Å². The predicted octanol–water partition coefficient (Wildman–Crippen LogP) is 2.41. The fourth-order valence-corrected chi connectivity index (χ4v) is 0.945. The van der Waals surface area contributed by atoms with Crippen LogP contribution in [0.2, 0.25) is 0 Å². The lowest BCUT2D eigenvalue weighted by atomic mass is 9.93. The molecule has 2 heteroatoms. The molecule has 0 unspecified atom stereocenters. The maximum absolute atomic E-state index is 8.77. The molecule has 0 amide bonds. The highest BCUT2D eigenvalue weighted by atomic mass is 16.5. The zero-order chi connectivity index (χ0) is 10.5. The summed E-state index contributed by atoms with van der Waals surface area (Å²) in [5, 5.41) is 8.77. The Kier molecular flexibility index (Phi) is 4.93. The molecule has 0 heterocycles. The summed E-state index contributed by atoms with van der Waals surface area (Å²) in [6.45, 7) is 13.1. The van der Waals surface area contributed by atoms with Gasteiger partial charge in [0.1, 0.15) is 0 Å². The third-order valence-corrected chi connectivity index (χ3v) is 1.99. The maximum atomic E-state index is 8.77. The Balaban J connectivity index is 3.63. The third-order valence-electron chi connectivity index (χ3n) is 1.99. The highest BCUT2D eigenvalue weighted by Crippen LogP contribution is 2.20. The van der Waals surface area contributed by atoms with Crippen molar-refractivity contribution in [3.63, 3.8) is 0 Å². The molecule has 0 aromatic carbocycles. The molecule has 0 rings (SSSR count). The summed E-state index contributed by atoms with van der Waals surface area (Å²) in [6, 6.07) is 0. The number of ether oxygens (including phenoxy) is 1. The molecule has 0 saturated carbocycles. The summed E-state index contributed by atoms with van der Waals surface area (Å²) in [4.78, 5) is 0. The van der Waals surface area contributed by atoms with E-state index in [0.717, 1.165) is 6.42 Å². The summed E-state index contributed by atoms with van der Waals surface area (Å²) < 4.78 is 5.65. The van der Waals surface area contributed by atoms with E-state index in [1.54, 1.807) is 0 Å². The first-order valence-electron chi connectivity index (χ1n) is 4.87. The van der Waals surface area contributed by atoms with Gasteiger partial charge >= 0.3 is 0 Å². The molecule has 0 aromatic rings. The lowest BCUT2D eigenvalue weighted by Gasteiger charge is -2.26. The number of hydrogen-bond donors (Lipinski definition) is 1. The van der Waals surface area contributed by atoms with Crippen LogP contribution in [0.3, 0.4) is 0 Å². The van der Waals surface area contributed by atoms with Gasteiger partial charge in [-0.1, -0.05) is 13.8 Å². The monoisotopic (exact) mass is 187 g/mol. The molecule has 0 aliphatic rings. The quantitative estimate of drug-likeness (QED) is 0.692. The van der Waals surface area contributed by atoms with Crippen LogP contribution < -0.4 is 0 Å². The first kappa shape index (κ1) is 12.9. The molecule has 1 N–H and O–H groups in total. The van der Waals surface area contributed by atoms with Crippen molar-refractivity contribution in [1.29, 1.82) is 0 Å². The largest absolute Gasteiger partial charge is 0.396 e. The lowest BCUT2D eigenvalue weighted by molar-refractivity contribution is -0.0397. The minimum atomic E-state index is -0.208. The van der Waals surface area contributed by atoms with Gasteiger partial charge < -0.3 is 9.84 Å². The molecule has 0 aliphatic carbocycles. The summed E-state index contributed by atoms with van der Waals surface area (Å²) >= 11 is 0. The van der Waals surface area contributed by atoms with Gasteiger partial charge in [-0.15, -0.1) is 0 Å². The van der Waals surface area contributed by atoms with Gasteiger partial charge in [-0.25, -0.2) is 0 Å². The van der Waals surface area contributed by atoms with Crippen molar-refractivity contribution < 1.29 is 9.84 Å². The summed E-state index contributed by atoms with van der Waals surface area (Å²) in [6.07, 6.45) is 1.63. The van der Waals surface area contributed by atoms with Crippen LogP contribution in [0.1, 0.15) is 40.5 Å². The number of rotatable bonds is 6. The van der Waals surface area contributed by atoms with Gasteiger partial charge in [0.05, 0.1) is 5.60 Å². The van der Waals surface area contributed by atoms with Crippen LogP contribution in [0.5, 0.6) is 0 Å². The van der Waals surface area contributed by atoms with Crippen molar-refractivity contribution in [3.05, 3.63) is 6.92 Å². The molecule has 0 spiro atoms. The van der Waals surface area contributed by atoms with Crippen LogP contribution >= 0.6 is 0 Å². The van der Waals surface area contributed by atoms with E-state index >= 15 is 0 Å². The first-order chi connectivity index (χ1) is 5.77. The Bertz CT molecular complexity index is 134. The Labute approximate surface area is 82.3 Å². The van der Waals surface area contributed by atoms with E-state index < -0.39 is 0 Å². The minimum absolute atomic E-state index is 0.0787. The maximum Gasteiger partial charge on any atom is 0.0648 e. The highest BCUT2D eigenvalue weighted by molar-refractivity contribution is 4.72. The summed E-state index contributed by atoms with van der Waals surface area (Å²) in [5.74, 6) is 0. The minimum Gasteiger partial charge on any atom is -0.396 e. The van der Waals surface area contributed by atoms with E-state index in [1.165, 1.54) is 0 Å². The van der Waals surface area contributed by atoms with Gasteiger partial charge in [-0.3, -0.25) is 0 Å². The Morgan fingerprint density at radius 1 is 1.15 bits per heavy atom. The van der Waals surface area contributed by atoms with Crippen LogP contribution in [0.4, 0.5) is 0 Å². The molecule has 0 aromatic heterocycles. The summed E-state index contributed by atoms with van der Waals surface area (Å²) in [7, 11) is 0. The molecule has 13 heavy (non-hydrogen) atoms. The van der Waals surface area contributed by atoms with Crippen LogP contribution in [0, 0.1) is 12.3 Å². The van der Waals surface area contributed by atoms with E-state index in [2.05, 4.69) is 20.8 Å². The van der Waals surface area contributed by atoms with Gasteiger partial charge in [0.15, 0.2) is 0 Å². The summed E-state index contributed by atoms with van der Waals surface area (Å²) in [5.41, 5.74) is -0.130. The van der Waals surface area contributed by atoms with Crippen molar-refractivity contribution in [2.24, 2.45) is 5.41 Å². The van der Waals surface area contributed by atoms with Crippen molar-refractivity contribution in [2.45, 2.75) is 46.1 Å². The fraction of sp³-hybridized carbons (Fsp3) is 0.909. The Morgan fingerprint density at radius 2 is 1.69 bits per heavy atom. The fourth-order valence-electron chi connectivity index (χ4n) is 0.945. The van der Waals surface area contributed by atoms with Crippen molar-refractivity contribution in [3.8, 4) is 0 Å². The molecule has 79 valence electrons. The topological polar surface area (TPSA) is 29.5 Å². The standard InChI is InChI=1S/C11H23O2/c1-10(2,3)7-9-13-11(4,5)6-8-12/h12H,1,6-9H2,2-5H3. The normalized spacial score (nSPS) is 13.4. The highest BCUT2D eigenvalue weighted by Gasteiger charge is 2.19. The molecule has 2 nitrogen and oxygen atoms in total. The van der Waals surface area contributed by atoms with E-state index in [-0.39, 0.29) is 17.6 Å². The molecule has 0 fully saturated rings. The molecule has 0 bridgehead atoms. The second kappa shape index (κ2) is 4.97. The second-order valence-corrected chi connectivity index (χ2v) is 5.00. The molecule has 0 saturated heterocycles. The van der Waals surface area contributed by atoms with E-state index in [1.807, 2.05) is 13.8 Å². The number of aliphatic hydroxyl groups excluding tert-OH is 1. The van der Waals surface area contributed by atoms with Crippen LogP contribution in [0.25, 0.3) is 0 Å². The average Bonchev–Trinajstić information content (AvgIpc) is 1.82. The van der Waals surface area contributed by atoms with Crippen molar-refractivity contribution in [2.75, 3.05) is 13.2 Å². The zero-order valence-corrected chi connectivity index (χ0v) is 9.39. The predicted molar refractivity (Wildman–Crippen MR) is 55.5 cm³/mol. The zero-order valence-electron chi connectivity index (χ0n) is 9.39. The van der Waals surface area contributed by atoms with Gasteiger partial charge in [0, 0.05) is 13.2 Å². The van der Waals surface area contributed by atoms with Crippen LogP contribution in [-0.2, 0) is 4.74 Å². The Hall–Kier alpha value is -0.0800. The molecule has 1 radical (unpaired) electrons. The SMILES string of the molecule is [CH2]C(C)(C)CCOC(C)(C)CCO. The average molecular weight is 187 g/mol. The van der Waals surface area contributed by atoms with Crippen LogP contribution in [-0.4, -0.2) is 23.9 Å². The van der Waals surface area contributed by atoms with E-state index in [4.69, 9.17) is 9.84 Å². The second-order valence-electron chi connectivity index (χ2n) is 5.00. The molecule has 0 aliphatic heterocycles. The van der Waals surface area contributed by atoms with Crippen molar-refractivity contribution >= 4 is 0 Å². The molecular weight excluding hydrogens is 164 g/mol. The third kappa shape index (κ3) is 8.26. The van der Waals surface area contributed by atoms with Crippen molar-refractivity contribution in [1.82, 2.24) is 0 Å². The van der Waals surface area contributed by atoms with Gasteiger partial charge in [0.2, 0.25) is 0 Å². The van der Waals surface area contributed by atoms with E-state index in [0.29, 0.717) is 13.0 Å². The van der Waals surface area contributed by atoms with Crippen LogP contribution in [0.15, 0.2) is 0 Å². The van der Waals surface area contributed by atoms with Gasteiger partial charge in [-0.2, -0.15) is 0 Å². The smallest absolute Gasteiger partial charge is 0.0648 e. The lowest BCUT2D eigenvalue weighted by Crippen LogP contribution is -2.27. The molecular formula is C11H23O2. The molecule has 0 atom stereocenters. The Morgan fingerprint density at radius 3 is 2.08 bits per heavy atom. The van der Waals surface area contributed by atoms with Gasteiger partial charge in [-0.05, 0) is 39.0 Å². The van der Waals surface area contributed by atoms with Gasteiger partial charge in [0.25, 0.3) is 0 Å². The first-order valence-corrected chi connectivity index (χ1v) is 4.87. The number of hydrogen-bond acceptors (Lipinski definition) is 2.